The Morgan fingerprint density at radius 2 is 2.00 bits per heavy atom. The summed E-state index contributed by atoms with van der Waals surface area (Å²) < 4.78 is 10.5. The van der Waals surface area contributed by atoms with Gasteiger partial charge in [-0.1, -0.05) is 12.8 Å². The number of likely N-dealkylation sites (tertiary alicyclic amines) is 1. The lowest BCUT2D eigenvalue weighted by Crippen LogP contribution is -2.35. The van der Waals surface area contributed by atoms with Gasteiger partial charge >= 0.3 is 6.03 Å². The zero-order valence-electron chi connectivity index (χ0n) is 15.2. The van der Waals surface area contributed by atoms with Gasteiger partial charge in [-0.25, -0.2) is 4.79 Å². The molecule has 1 aliphatic carbocycles. The van der Waals surface area contributed by atoms with E-state index in [0.29, 0.717) is 29.6 Å². The summed E-state index contributed by atoms with van der Waals surface area (Å²) >= 11 is 0. The summed E-state index contributed by atoms with van der Waals surface area (Å²) in [6, 6.07) is 5.92. The smallest absolute Gasteiger partial charge is 0.319 e. The average Bonchev–Trinajstić information content (AvgIpc) is 3.31. The third kappa shape index (κ3) is 4.57. The molecule has 1 atom stereocenters. The third-order valence-electron chi connectivity index (χ3n) is 5.36. The Morgan fingerprint density at radius 3 is 2.72 bits per heavy atom. The summed E-state index contributed by atoms with van der Waals surface area (Å²) in [6.45, 7) is 2.98. The van der Waals surface area contributed by atoms with Crippen LogP contribution in [0.4, 0.5) is 10.5 Å². The van der Waals surface area contributed by atoms with E-state index >= 15 is 0 Å². The van der Waals surface area contributed by atoms with Crippen LogP contribution >= 0.6 is 0 Å². The number of carbonyl (C=O) groups excluding carboxylic acids is 1. The van der Waals surface area contributed by atoms with Crippen LogP contribution in [0.2, 0.25) is 0 Å². The first-order chi connectivity index (χ1) is 12.2. The second-order valence-corrected chi connectivity index (χ2v) is 6.99. The maximum absolute atomic E-state index is 12.2. The van der Waals surface area contributed by atoms with E-state index in [1.807, 2.05) is 0 Å². The van der Waals surface area contributed by atoms with Crippen LogP contribution in [0.5, 0.6) is 11.5 Å². The number of hydrogen-bond donors (Lipinski definition) is 2. The summed E-state index contributed by atoms with van der Waals surface area (Å²) in [5.74, 6) is 1.84. The van der Waals surface area contributed by atoms with Gasteiger partial charge in [-0.05, 0) is 43.9 Å². The minimum atomic E-state index is -0.203. The molecule has 2 N–H and O–H groups in total. The van der Waals surface area contributed by atoms with Gasteiger partial charge in [-0.2, -0.15) is 0 Å². The fourth-order valence-electron chi connectivity index (χ4n) is 3.95. The van der Waals surface area contributed by atoms with Crippen molar-refractivity contribution in [3.05, 3.63) is 18.2 Å². The molecule has 2 amide bonds. The van der Waals surface area contributed by atoms with E-state index in [2.05, 4.69) is 15.5 Å². The lowest BCUT2D eigenvalue weighted by atomic mass is 10.1. The fourth-order valence-corrected chi connectivity index (χ4v) is 3.95. The maximum Gasteiger partial charge on any atom is 0.319 e. The SMILES string of the molecule is COc1ccc(OC)c(NC(=O)NC[C@H]2CCN(C3CCCC3)C2)c1. The monoisotopic (exact) mass is 347 g/mol. The molecule has 1 aromatic rings. The Balaban J connectivity index is 1.47. The number of nitrogens with zero attached hydrogens (tertiary/aromatic N) is 1. The number of ether oxygens (including phenoxy) is 2. The van der Waals surface area contributed by atoms with E-state index in [0.717, 1.165) is 12.6 Å². The normalized spacial score (nSPS) is 21.3. The number of urea groups is 1. The summed E-state index contributed by atoms with van der Waals surface area (Å²) in [6.07, 6.45) is 6.59. The van der Waals surface area contributed by atoms with Gasteiger partial charge in [0, 0.05) is 25.2 Å². The van der Waals surface area contributed by atoms with E-state index in [4.69, 9.17) is 9.47 Å². The minimum Gasteiger partial charge on any atom is -0.497 e. The highest BCUT2D eigenvalue weighted by Crippen LogP contribution is 2.29. The molecule has 25 heavy (non-hydrogen) atoms. The molecule has 0 unspecified atom stereocenters. The molecular formula is C19H29N3O3. The number of anilines is 1. The first kappa shape index (κ1) is 17.9. The Bertz CT molecular complexity index is 587. The molecule has 0 radical (unpaired) electrons. The standard InChI is InChI=1S/C19H29N3O3/c1-24-16-7-8-18(25-2)17(11-16)21-19(23)20-12-14-9-10-22(13-14)15-5-3-4-6-15/h7-8,11,14-15H,3-6,9-10,12-13H2,1-2H3,(H2,20,21,23)/t14-/m1/s1. The van der Waals surface area contributed by atoms with Crippen molar-refractivity contribution in [1.82, 2.24) is 10.2 Å². The molecule has 1 saturated heterocycles. The van der Waals surface area contributed by atoms with Gasteiger partial charge in [0.25, 0.3) is 0 Å². The molecule has 0 spiro atoms. The molecule has 6 heteroatoms. The van der Waals surface area contributed by atoms with Gasteiger partial charge in [0.1, 0.15) is 11.5 Å². The molecule has 2 aliphatic rings. The van der Waals surface area contributed by atoms with E-state index in [-0.39, 0.29) is 6.03 Å². The zero-order valence-corrected chi connectivity index (χ0v) is 15.2. The quantitative estimate of drug-likeness (QED) is 0.830. The second-order valence-electron chi connectivity index (χ2n) is 6.99. The number of hydrogen-bond acceptors (Lipinski definition) is 4. The van der Waals surface area contributed by atoms with Crippen molar-refractivity contribution < 1.29 is 14.3 Å². The number of rotatable bonds is 6. The topological polar surface area (TPSA) is 62.8 Å². The van der Waals surface area contributed by atoms with Crippen molar-refractivity contribution in [2.45, 2.75) is 38.1 Å². The van der Waals surface area contributed by atoms with Gasteiger partial charge < -0.3 is 25.0 Å². The zero-order chi connectivity index (χ0) is 17.6. The largest absolute Gasteiger partial charge is 0.497 e. The number of methoxy groups -OCH3 is 2. The highest BCUT2D eigenvalue weighted by molar-refractivity contribution is 5.91. The van der Waals surface area contributed by atoms with Crippen molar-refractivity contribution in [2.75, 3.05) is 39.2 Å². The lowest BCUT2D eigenvalue weighted by Gasteiger charge is -2.23. The van der Waals surface area contributed by atoms with Crippen LogP contribution in [0, 0.1) is 5.92 Å². The molecule has 0 bridgehead atoms. The van der Waals surface area contributed by atoms with E-state index in [1.165, 1.54) is 38.6 Å². The van der Waals surface area contributed by atoms with Crippen molar-refractivity contribution in [2.24, 2.45) is 5.92 Å². The molecule has 2 fully saturated rings. The summed E-state index contributed by atoms with van der Waals surface area (Å²) in [7, 11) is 3.18. The molecule has 138 valence electrons. The number of carbonyl (C=O) groups is 1. The van der Waals surface area contributed by atoms with Crippen LogP contribution in [-0.2, 0) is 0 Å². The Hall–Kier alpha value is -1.95. The first-order valence-electron chi connectivity index (χ1n) is 9.20. The highest BCUT2D eigenvalue weighted by atomic mass is 16.5. The van der Waals surface area contributed by atoms with Crippen LogP contribution in [0.25, 0.3) is 0 Å². The van der Waals surface area contributed by atoms with Gasteiger partial charge in [-0.3, -0.25) is 0 Å². The van der Waals surface area contributed by atoms with Gasteiger partial charge in [0.15, 0.2) is 0 Å². The van der Waals surface area contributed by atoms with Gasteiger partial charge in [0.2, 0.25) is 0 Å². The number of amides is 2. The van der Waals surface area contributed by atoms with E-state index in [9.17, 15) is 4.79 Å². The Kier molecular flexibility index (Phi) is 6.02. The first-order valence-corrected chi connectivity index (χ1v) is 9.20. The van der Waals surface area contributed by atoms with Crippen LogP contribution in [0.1, 0.15) is 32.1 Å². The van der Waals surface area contributed by atoms with Gasteiger partial charge in [-0.15, -0.1) is 0 Å². The van der Waals surface area contributed by atoms with Crippen LogP contribution in [0.3, 0.4) is 0 Å². The molecule has 3 rings (SSSR count). The van der Waals surface area contributed by atoms with Crippen LogP contribution in [0.15, 0.2) is 18.2 Å². The van der Waals surface area contributed by atoms with E-state index in [1.54, 1.807) is 32.4 Å². The van der Waals surface area contributed by atoms with Crippen LogP contribution in [-0.4, -0.2) is 50.8 Å². The van der Waals surface area contributed by atoms with E-state index < -0.39 is 0 Å². The molecular weight excluding hydrogens is 318 g/mol. The molecule has 1 aromatic carbocycles. The molecule has 1 saturated carbocycles. The molecule has 1 aliphatic heterocycles. The lowest BCUT2D eigenvalue weighted by molar-refractivity contribution is 0.234. The predicted octanol–water partition coefficient (Wildman–Crippen LogP) is 3.09. The Morgan fingerprint density at radius 1 is 1.20 bits per heavy atom. The molecule has 1 heterocycles. The Labute approximate surface area is 149 Å². The fraction of sp³-hybridized carbons (Fsp3) is 0.632. The van der Waals surface area contributed by atoms with Crippen molar-refractivity contribution in [3.8, 4) is 11.5 Å². The maximum atomic E-state index is 12.2. The number of nitrogens with one attached hydrogen (secondary N) is 2. The summed E-state index contributed by atoms with van der Waals surface area (Å²) in [5.41, 5.74) is 0.610. The third-order valence-corrected chi connectivity index (χ3v) is 5.36. The summed E-state index contributed by atoms with van der Waals surface area (Å²) in [4.78, 5) is 14.9. The van der Waals surface area contributed by atoms with Crippen LogP contribution < -0.4 is 20.1 Å². The highest BCUT2D eigenvalue weighted by Gasteiger charge is 2.29. The van der Waals surface area contributed by atoms with Crippen molar-refractivity contribution >= 4 is 11.7 Å². The van der Waals surface area contributed by atoms with Crippen molar-refractivity contribution in [1.29, 1.82) is 0 Å². The summed E-state index contributed by atoms with van der Waals surface area (Å²) in [5, 5.41) is 5.86. The number of benzene rings is 1. The molecule has 6 nitrogen and oxygen atoms in total. The predicted molar refractivity (Wildman–Crippen MR) is 98.5 cm³/mol. The van der Waals surface area contributed by atoms with Gasteiger partial charge in [0.05, 0.1) is 19.9 Å². The average molecular weight is 347 g/mol. The second kappa shape index (κ2) is 8.43. The van der Waals surface area contributed by atoms with Crippen molar-refractivity contribution in [3.63, 3.8) is 0 Å². The molecule has 0 aromatic heterocycles. The minimum absolute atomic E-state index is 0.203.